The van der Waals surface area contributed by atoms with Crippen LogP contribution in [0.1, 0.15) is 30.4 Å². The van der Waals surface area contributed by atoms with E-state index in [0.29, 0.717) is 23.4 Å². The fraction of sp³-hybridized carbons (Fsp3) is 0.421. The molecule has 1 aliphatic heterocycles. The smallest absolute Gasteiger partial charge is 0.146 e. The lowest BCUT2D eigenvalue weighted by molar-refractivity contribution is 0.628. The van der Waals surface area contributed by atoms with E-state index in [4.69, 9.17) is 11.6 Å². The molecule has 0 unspecified atom stereocenters. The maximum atomic E-state index is 14.0. The van der Waals surface area contributed by atoms with E-state index in [0.717, 1.165) is 49.2 Å². The average molecular weight is 363 g/mol. The van der Waals surface area contributed by atoms with Crippen LogP contribution in [0.2, 0.25) is 5.15 Å². The third kappa shape index (κ3) is 4.83. The summed E-state index contributed by atoms with van der Waals surface area (Å²) >= 11 is 6.09. The molecule has 4 nitrogen and oxygen atoms in total. The van der Waals surface area contributed by atoms with Crippen LogP contribution >= 0.6 is 11.6 Å². The number of halogens is 2. The van der Waals surface area contributed by atoms with Crippen LogP contribution in [0.3, 0.4) is 0 Å². The Morgan fingerprint density at radius 3 is 3.04 bits per heavy atom. The molecular weight excluding hydrogens is 339 g/mol. The van der Waals surface area contributed by atoms with E-state index in [1.807, 2.05) is 19.1 Å². The summed E-state index contributed by atoms with van der Waals surface area (Å²) in [6.45, 7) is 4.46. The number of aromatic nitrogens is 1. The highest BCUT2D eigenvalue weighted by Gasteiger charge is 2.14. The summed E-state index contributed by atoms with van der Waals surface area (Å²) in [7, 11) is 0. The lowest BCUT2D eigenvalue weighted by Gasteiger charge is -2.20. The number of hydrogen-bond acceptors (Lipinski definition) is 4. The van der Waals surface area contributed by atoms with Crippen molar-refractivity contribution in [2.75, 3.05) is 23.7 Å². The number of anilines is 2. The van der Waals surface area contributed by atoms with Gasteiger partial charge in [0.25, 0.3) is 0 Å². The minimum Gasteiger partial charge on any atom is -0.382 e. The number of hydrogen-bond donors (Lipinski definition) is 3. The summed E-state index contributed by atoms with van der Waals surface area (Å²) in [6, 6.07) is 7.33. The molecule has 1 fully saturated rings. The van der Waals surface area contributed by atoms with Gasteiger partial charge in [0.1, 0.15) is 11.0 Å². The second-order valence-electron chi connectivity index (χ2n) is 6.47. The number of rotatable bonds is 5. The fourth-order valence-electron chi connectivity index (χ4n) is 3.16. The van der Waals surface area contributed by atoms with Gasteiger partial charge in [0.2, 0.25) is 0 Å². The van der Waals surface area contributed by atoms with Crippen LogP contribution < -0.4 is 16.0 Å². The zero-order valence-electron chi connectivity index (χ0n) is 14.4. The first-order valence-electron chi connectivity index (χ1n) is 8.74. The van der Waals surface area contributed by atoms with Crippen LogP contribution in [0, 0.1) is 12.7 Å². The molecule has 0 radical (unpaired) electrons. The van der Waals surface area contributed by atoms with Gasteiger partial charge in [0.05, 0.1) is 5.69 Å². The van der Waals surface area contributed by atoms with Crippen molar-refractivity contribution in [3.05, 3.63) is 52.6 Å². The van der Waals surface area contributed by atoms with Gasteiger partial charge in [0.15, 0.2) is 0 Å². The Hall–Kier alpha value is -1.85. The molecular formula is C19H24ClFN4. The van der Waals surface area contributed by atoms with E-state index in [1.165, 1.54) is 6.07 Å². The van der Waals surface area contributed by atoms with Crippen molar-refractivity contribution in [3.63, 3.8) is 0 Å². The fourth-order valence-corrected chi connectivity index (χ4v) is 3.31. The summed E-state index contributed by atoms with van der Waals surface area (Å²) in [4.78, 5) is 4.19. The van der Waals surface area contributed by atoms with Crippen LogP contribution in [0.15, 0.2) is 30.5 Å². The normalized spacial score (nSPS) is 17.8. The number of para-hydroxylation sites is 1. The van der Waals surface area contributed by atoms with Crippen molar-refractivity contribution in [1.82, 2.24) is 10.3 Å². The third-order valence-electron chi connectivity index (χ3n) is 4.57. The summed E-state index contributed by atoms with van der Waals surface area (Å²) in [5, 5.41) is 10.7. The molecule has 0 bridgehead atoms. The van der Waals surface area contributed by atoms with Gasteiger partial charge in [0, 0.05) is 30.0 Å². The summed E-state index contributed by atoms with van der Waals surface area (Å²) in [5.74, 6) is -0.244. The molecule has 6 heteroatoms. The SMILES string of the molecule is Cc1cccc(F)c1NCc1cnc(Cl)cc1N[C@@H]1CCCNCC1. The molecule has 25 heavy (non-hydrogen) atoms. The topological polar surface area (TPSA) is 49.0 Å². The van der Waals surface area contributed by atoms with Crippen molar-refractivity contribution in [3.8, 4) is 0 Å². The van der Waals surface area contributed by atoms with Gasteiger partial charge in [-0.1, -0.05) is 23.7 Å². The zero-order chi connectivity index (χ0) is 17.6. The largest absolute Gasteiger partial charge is 0.382 e. The van der Waals surface area contributed by atoms with Crippen molar-refractivity contribution in [2.45, 2.75) is 38.8 Å². The number of nitrogens with zero attached hydrogens (tertiary/aromatic N) is 1. The Balaban J connectivity index is 1.74. The van der Waals surface area contributed by atoms with Crippen molar-refractivity contribution < 1.29 is 4.39 Å². The van der Waals surface area contributed by atoms with Crippen molar-refractivity contribution in [1.29, 1.82) is 0 Å². The van der Waals surface area contributed by atoms with Gasteiger partial charge in [-0.25, -0.2) is 9.37 Å². The van der Waals surface area contributed by atoms with Crippen molar-refractivity contribution >= 4 is 23.0 Å². The van der Waals surface area contributed by atoms with Gasteiger partial charge in [-0.15, -0.1) is 0 Å². The highest BCUT2D eigenvalue weighted by molar-refractivity contribution is 6.29. The molecule has 1 saturated heterocycles. The number of benzene rings is 1. The monoisotopic (exact) mass is 362 g/mol. The van der Waals surface area contributed by atoms with Crippen LogP contribution in [0.4, 0.5) is 15.8 Å². The minimum absolute atomic E-state index is 0.244. The summed E-state index contributed by atoms with van der Waals surface area (Å²) in [6.07, 6.45) is 5.09. The molecule has 2 aromatic rings. The first kappa shape index (κ1) is 18.0. The Bertz CT molecular complexity index is 694. The second kappa shape index (κ2) is 8.50. The predicted molar refractivity (Wildman–Crippen MR) is 102 cm³/mol. The molecule has 2 heterocycles. The maximum Gasteiger partial charge on any atom is 0.146 e. The highest BCUT2D eigenvalue weighted by atomic mass is 35.5. The molecule has 1 aliphatic rings. The maximum absolute atomic E-state index is 14.0. The summed E-state index contributed by atoms with van der Waals surface area (Å²) < 4.78 is 14.0. The quantitative estimate of drug-likeness (QED) is 0.692. The second-order valence-corrected chi connectivity index (χ2v) is 6.86. The lowest BCUT2D eigenvalue weighted by atomic mass is 10.1. The Labute approximate surface area is 153 Å². The Kier molecular flexibility index (Phi) is 6.10. The molecule has 0 spiro atoms. The van der Waals surface area contributed by atoms with Gasteiger partial charge in [-0.2, -0.15) is 0 Å². The van der Waals surface area contributed by atoms with E-state index in [2.05, 4.69) is 20.9 Å². The number of aryl methyl sites for hydroxylation is 1. The van der Waals surface area contributed by atoms with E-state index in [1.54, 1.807) is 12.3 Å². The first-order chi connectivity index (χ1) is 12.1. The third-order valence-corrected chi connectivity index (χ3v) is 4.77. The zero-order valence-corrected chi connectivity index (χ0v) is 15.2. The first-order valence-corrected chi connectivity index (χ1v) is 9.12. The molecule has 0 amide bonds. The minimum atomic E-state index is -0.244. The molecule has 3 rings (SSSR count). The molecule has 1 aromatic heterocycles. The van der Waals surface area contributed by atoms with E-state index >= 15 is 0 Å². The van der Waals surface area contributed by atoms with Gasteiger partial charge < -0.3 is 16.0 Å². The number of pyridine rings is 1. The van der Waals surface area contributed by atoms with Gasteiger partial charge >= 0.3 is 0 Å². The molecule has 3 N–H and O–H groups in total. The van der Waals surface area contributed by atoms with E-state index in [9.17, 15) is 4.39 Å². The van der Waals surface area contributed by atoms with Crippen LogP contribution in [-0.4, -0.2) is 24.1 Å². The van der Waals surface area contributed by atoms with Gasteiger partial charge in [-0.3, -0.25) is 0 Å². The molecule has 1 aromatic carbocycles. The highest BCUT2D eigenvalue weighted by Crippen LogP contribution is 2.25. The predicted octanol–water partition coefficient (Wildman–Crippen LogP) is 4.35. The Morgan fingerprint density at radius 1 is 1.32 bits per heavy atom. The summed E-state index contributed by atoms with van der Waals surface area (Å²) in [5.41, 5.74) is 3.35. The van der Waals surface area contributed by atoms with Crippen LogP contribution in [-0.2, 0) is 6.54 Å². The van der Waals surface area contributed by atoms with Crippen LogP contribution in [0.25, 0.3) is 0 Å². The van der Waals surface area contributed by atoms with E-state index in [-0.39, 0.29) is 5.82 Å². The molecule has 0 saturated carbocycles. The van der Waals surface area contributed by atoms with Gasteiger partial charge in [-0.05, 0) is 57.0 Å². The molecule has 1 atom stereocenters. The van der Waals surface area contributed by atoms with Crippen LogP contribution in [0.5, 0.6) is 0 Å². The standard InChI is InChI=1S/C19H24ClFN4/c1-13-4-2-6-16(21)19(13)24-12-14-11-23-18(20)10-17(14)25-15-5-3-8-22-9-7-15/h2,4,6,10-11,15,22,24H,3,5,7-9,12H2,1H3,(H,23,25)/t15-/m1/s1. The molecule has 0 aliphatic carbocycles. The van der Waals surface area contributed by atoms with Crippen molar-refractivity contribution in [2.24, 2.45) is 0 Å². The Morgan fingerprint density at radius 2 is 2.20 bits per heavy atom. The molecule has 134 valence electrons. The average Bonchev–Trinajstić information content (AvgIpc) is 2.85. The lowest BCUT2D eigenvalue weighted by Crippen LogP contribution is -2.22. The number of nitrogens with one attached hydrogen (secondary N) is 3. The van der Waals surface area contributed by atoms with E-state index < -0.39 is 0 Å².